The van der Waals surface area contributed by atoms with Crippen LogP contribution in [0.25, 0.3) is 0 Å². The largest absolute Gasteiger partial charge is 0.362 e. The molecule has 2 rings (SSSR count). The summed E-state index contributed by atoms with van der Waals surface area (Å²) in [5, 5.41) is 0. The zero-order valence-corrected chi connectivity index (χ0v) is 7.61. The Kier molecular flexibility index (Phi) is 1.93. The molecular weight excluding hydrogens is 148 g/mol. The van der Waals surface area contributed by atoms with Gasteiger partial charge in [-0.05, 0) is 43.7 Å². The molecule has 1 aliphatic rings. The fourth-order valence-electron chi connectivity index (χ4n) is 2.18. The lowest BCUT2D eigenvalue weighted by atomic mass is 9.94. The number of nitrogens with one attached hydrogen (secondary N) is 1. The minimum Gasteiger partial charge on any atom is -0.362 e. The van der Waals surface area contributed by atoms with E-state index in [0.717, 1.165) is 0 Å². The lowest BCUT2D eigenvalue weighted by Gasteiger charge is -2.11. The molecule has 0 amide bonds. The van der Waals surface area contributed by atoms with Gasteiger partial charge in [-0.3, -0.25) is 0 Å². The number of aromatic nitrogens is 1. The van der Waals surface area contributed by atoms with Crippen molar-refractivity contribution in [1.29, 1.82) is 0 Å². The van der Waals surface area contributed by atoms with Gasteiger partial charge in [-0.1, -0.05) is 0 Å². The summed E-state index contributed by atoms with van der Waals surface area (Å²) in [5.74, 6) is 0. The van der Waals surface area contributed by atoms with E-state index in [0.29, 0.717) is 6.54 Å². The van der Waals surface area contributed by atoms with Crippen LogP contribution in [-0.4, -0.2) is 4.98 Å². The molecule has 0 bridgehead atoms. The Morgan fingerprint density at radius 2 is 2.08 bits per heavy atom. The van der Waals surface area contributed by atoms with E-state index in [9.17, 15) is 0 Å². The maximum atomic E-state index is 5.70. The summed E-state index contributed by atoms with van der Waals surface area (Å²) < 4.78 is 0. The SMILES string of the molecule is Cc1[nH]c2c(c1CN)CCCC2. The van der Waals surface area contributed by atoms with E-state index in [1.54, 1.807) is 0 Å². The normalized spacial score (nSPS) is 16.2. The van der Waals surface area contributed by atoms with Gasteiger partial charge >= 0.3 is 0 Å². The van der Waals surface area contributed by atoms with Crippen molar-refractivity contribution in [3.05, 3.63) is 22.5 Å². The van der Waals surface area contributed by atoms with Crippen molar-refractivity contribution in [3.63, 3.8) is 0 Å². The van der Waals surface area contributed by atoms with Gasteiger partial charge in [-0.2, -0.15) is 0 Å². The third-order valence-electron chi connectivity index (χ3n) is 2.83. The zero-order valence-electron chi connectivity index (χ0n) is 7.61. The van der Waals surface area contributed by atoms with Crippen LogP contribution in [0.1, 0.15) is 35.4 Å². The number of fused-ring (bicyclic) bond motifs is 1. The highest BCUT2D eigenvalue weighted by molar-refractivity contribution is 5.37. The smallest absolute Gasteiger partial charge is 0.0198 e. The van der Waals surface area contributed by atoms with Gasteiger partial charge in [-0.25, -0.2) is 0 Å². The number of aromatic amines is 1. The van der Waals surface area contributed by atoms with E-state index >= 15 is 0 Å². The number of hydrogen-bond donors (Lipinski definition) is 2. The van der Waals surface area contributed by atoms with Crippen LogP contribution in [0.3, 0.4) is 0 Å². The van der Waals surface area contributed by atoms with Crippen LogP contribution in [0, 0.1) is 6.92 Å². The fraction of sp³-hybridized carbons (Fsp3) is 0.600. The second kappa shape index (κ2) is 2.94. The molecule has 0 aromatic carbocycles. The van der Waals surface area contributed by atoms with Crippen LogP contribution in [0.4, 0.5) is 0 Å². The first-order valence-electron chi connectivity index (χ1n) is 4.72. The molecule has 2 heteroatoms. The summed E-state index contributed by atoms with van der Waals surface area (Å²) in [7, 11) is 0. The average molecular weight is 164 g/mol. The Balaban J connectivity index is 2.46. The van der Waals surface area contributed by atoms with Crippen molar-refractivity contribution in [1.82, 2.24) is 4.98 Å². The van der Waals surface area contributed by atoms with Gasteiger partial charge in [0.05, 0.1) is 0 Å². The van der Waals surface area contributed by atoms with Gasteiger partial charge in [0.1, 0.15) is 0 Å². The molecule has 0 unspecified atom stereocenters. The van der Waals surface area contributed by atoms with Crippen LogP contribution in [0.5, 0.6) is 0 Å². The third-order valence-corrected chi connectivity index (χ3v) is 2.83. The van der Waals surface area contributed by atoms with E-state index in [-0.39, 0.29) is 0 Å². The standard InChI is InChI=1S/C10H16N2/c1-7-9(6-11)8-4-2-3-5-10(8)12-7/h12H,2-6,11H2,1H3. The summed E-state index contributed by atoms with van der Waals surface area (Å²) in [6, 6.07) is 0. The van der Waals surface area contributed by atoms with Crippen molar-refractivity contribution >= 4 is 0 Å². The number of nitrogens with two attached hydrogens (primary N) is 1. The number of H-pyrrole nitrogens is 1. The molecule has 0 saturated heterocycles. The molecule has 0 spiro atoms. The second-order valence-electron chi connectivity index (χ2n) is 3.60. The number of hydrogen-bond acceptors (Lipinski definition) is 1. The Labute approximate surface area is 73.2 Å². The Morgan fingerprint density at radius 3 is 2.83 bits per heavy atom. The predicted octanol–water partition coefficient (Wildman–Crippen LogP) is 1.66. The van der Waals surface area contributed by atoms with Gasteiger partial charge in [0.15, 0.2) is 0 Å². The zero-order chi connectivity index (χ0) is 8.55. The van der Waals surface area contributed by atoms with Crippen LogP contribution >= 0.6 is 0 Å². The molecule has 66 valence electrons. The summed E-state index contributed by atoms with van der Waals surface area (Å²) in [6.07, 6.45) is 5.11. The highest BCUT2D eigenvalue weighted by Gasteiger charge is 2.16. The molecule has 0 radical (unpaired) electrons. The van der Waals surface area contributed by atoms with Gasteiger partial charge < -0.3 is 10.7 Å². The van der Waals surface area contributed by atoms with E-state index in [1.165, 1.54) is 48.2 Å². The predicted molar refractivity (Wildman–Crippen MR) is 50.1 cm³/mol. The Hall–Kier alpha value is -0.760. The molecule has 0 saturated carbocycles. The lowest BCUT2D eigenvalue weighted by Crippen LogP contribution is -2.05. The first kappa shape index (κ1) is 7.87. The molecule has 2 nitrogen and oxygen atoms in total. The summed E-state index contributed by atoms with van der Waals surface area (Å²) in [4.78, 5) is 3.44. The molecule has 0 aliphatic heterocycles. The summed E-state index contributed by atoms with van der Waals surface area (Å²) in [5.41, 5.74) is 11.3. The highest BCUT2D eigenvalue weighted by atomic mass is 14.7. The topological polar surface area (TPSA) is 41.8 Å². The maximum absolute atomic E-state index is 5.70. The Morgan fingerprint density at radius 1 is 1.33 bits per heavy atom. The molecule has 0 fully saturated rings. The second-order valence-corrected chi connectivity index (χ2v) is 3.60. The van der Waals surface area contributed by atoms with Crippen molar-refractivity contribution in [2.45, 2.75) is 39.2 Å². The highest BCUT2D eigenvalue weighted by Crippen LogP contribution is 2.25. The Bertz CT molecular complexity index is 286. The van der Waals surface area contributed by atoms with Gasteiger partial charge in [-0.15, -0.1) is 0 Å². The van der Waals surface area contributed by atoms with E-state index in [1.807, 2.05) is 0 Å². The van der Waals surface area contributed by atoms with Crippen LogP contribution < -0.4 is 5.73 Å². The molecule has 1 aliphatic carbocycles. The van der Waals surface area contributed by atoms with Crippen molar-refractivity contribution in [3.8, 4) is 0 Å². The minimum absolute atomic E-state index is 0.692. The molecule has 1 aromatic heterocycles. The van der Waals surface area contributed by atoms with Crippen LogP contribution in [-0.2, 0) is 19.4 Å². The van der Waals surface area contributed by atoms with E-state index in [4.69, 9.17) is 5.73 Å². The summed E-state index contributed by atoms with van der Waals surface area (Å²) >= 11 is 0. The molecular formula is C10H16N2. The lowest BCUT2D eigenvalue weighted by molar-refractivity contribution is 0.673. The van der Waals surface area contributed by atoms with E-state index in [2.05, 4.69) is 11.9 Å². The number of aryl methyl sites for hydroxylation is 2. The molecule has 1 aromatic rings. The molecule has 1 heterocycles. The van der Waals surface area contributed by atoms with Crippen molar-refractivity contribution in [2.75, 3.05) is 0 Å². The maximum Gasteiger partial charge on any atom is 0.0198 e. The quantitative estimate of drug-likeness (QED) is 0.651. The molecule has 12 heavy (non-hydrogen) atoms. The first-order chi connectivity index (χ1) is 5.83. The van der Waals surface area contributed by atoms with Gasteiger partial charge in [0, 0.05) is 17.9 Å². The molecule has 3 N–H and O–H groups in total. The summed E-state index contributed by atoms with van der Waals surface area (Å²) in [6.45, 7) is 2.82. The fourth-order valence-corrected chi connectivity index (χ4v) is 2.18. The average Bonchev–Trinajstić information content (AvgIpc) is 2.40. The van der Waals surface area contributed by atoms with Gasteiger partial charge in [0.2, 0.25) is 0 Å². The molecule has 0 atom stereocenters. The number of rotatable bonds is 1. The van der Waals surface area contributed by atoms with E-state index < -0.39 is 0 Å². The van der Waals surface area contributed by atoms with Crippen LogP contribution in [0.2, 0.25) is 0 Å². The van der Waals surface area contributed by atoms with Crippen molar-refractivity contribution < 1.29 is 0 Å². The third kappa shape index (κ3) is 1.07. The minimum atomic E-state index is 0.692. The monoisotopic (exact) mass is 164 g/mol. The van der Waals surface area contributed by atoms with Crippen LogP contribution in [0.15, 0.2) is 0 Å². The first-order valence-corrected chi connectivity index (χ1v) is 4.72. The van der Waals surface area contributed by atoms with Gasteiger partial charge in [0.25, 0.3) is 0 Å². The van der Waals surface area contributed by atoms with Crippen molar-refractivity contribution in [2.24, 2.45) is 5.73 Å².